The lowest BCUT2D eigenvalue weighted by molar-refractivity contribution is 1.12. The van der Waals surface area contributed by atoms with Gasteiger partial charge in [0.25, 0.3) is 5.56 Å². The third kappa shape index (κ3) is 2.68. The molecule has 17 heavy (non-hydrogen) atoms. The lowest BCUT2D eigenvalue weighted by Crippen LogP contribution is -2.09. The van der Waals surface area contributed by atoms with Crippen LogP contribution in [0.2, 0.25) is 5.02 Å². The molecule has 0 atom stereocenters. The molecule has 0 amide bonds. The monoisotopic (exact) mass is 313 g/mol. The second-order valence-corrected chi connectivity index (χ2v) is 4.73. The third-order valence-electron chi connectivity index (χ3n) is 2.17. The quantitative estimate of drug-likeness (QED) is 0.894. The molecule has 0 aliphatic heterocycles. The fraction of sp³-hybridized carbons (Fsp3) is 0.0909. The Bertz CT molecular complexity index is 612. The molecule has 0 aliphatic carbocycles. The molecule has 0 radical (unpaired) electrons. The molecule has 0 saturated carbocycles. The summed E-state index contributed by atoms with van der Waals surface area (Å²) in [5.41, 5.74) is 1.57. The van der Waals surface area contributed by atoms with E-state index in [2.05, 4.69) is 31.2 Å². The molecule has 6 heteroatoms. The lowest BCUT2D eigenvalue weighted by atomic mass is 10.2. The van der Waals surface area contributed by atoms with Gasteiger partial charge in [-0.1, -0.05) is 17.7 Å². The molecule has 4 nitrogen and oxygen atoms in total. The summed E-state index contributed by atoms with van der Waals surface area (Å²) in [6.45, 7) is 1.99. The summed E-state index contributed by atoms with van der Waals surface area (Å²) in [5, 5.41) is 3.04. The van der Waals surface area contributed by atoms with Crippen molar-refractivity contribution in [2.24, 2.45) is 0 Å². The number of anilines is 2. The molecule has 0 saturated heterocycles. The summed E-state index contributed by atoms with van der Waals surface area (Å²) in [6, 6.07) is 5.80. The molecular formula is C11H9BrClN3O. The SMILES string of the molecule is Cc1ccc(Nc2nc[nH]c(=O)c2Cl)c(Br)c1. The summed E-state index contributed by atoms with van der Waals surface area (Å²) < 4.78 is 0.885. The smallest absolute Gasteiger partial charge is 0.271 e. The van der Waals surface area contributed by atoms with Crippen LogP contribution in [0.1, 0.15) is 5.56 Å². The van der Waals surface area contributed by atoms with Crippen LogP contribution in [-0.4, -0.2) is 9.97 Å². The molecular weight excluding hydrogens is 305 g/mol. The number of aromatic nitrogens is 2. The van der Waals surface area contributed by atoms with Gasteiger partial charge in [-0.25, -0.2) is 4.98 Å². The number of nitrogens with zero attached hydrogens (tertiary/aromatic N) is 1. The van der Waals surface area contributed by atoms with Gasteiger partial charge in [0, 0.05) is 4.47 Å². The molecule has 1 heterocycles. The average molecular weight is 315 g/mol. The molecule has 0 spiro atoms. The van der Waals surface area contributed by atoms with Crippen molar-refractivity contribution in [2.45, 2.75) is 6.92 Å². The summed E-state index contributed by atoms with van der Waals surface area (Å²) in [5.74, 6) is 0.333. The molecule has 2 rings (SSSR count). The van der Waals surface area contributed by atoms with Gasteiger partial charge in [-0.15, -0.1) is 0 Å². The predicted octanol–water partition coefficient (Wildman–Crippen LogP) is 3.24. The zero-order valence-corrected chi connectivity index (χ0v) is 11.3. The first-order valence-electron chi connectivity index (χ1n) is 4.84. The average Bonchev–Trinajstić information content (AvgIpc) is 2.28. The first kappa shape index (κ1) is 12.1. The van der Waals surface area contributed by atoms with Crippen molar-refractivity contribution in [3.63, 3.8) is 0 Å². The van der Waals surface area contributed by atoms with E-state index in [1.165, 1.54) is 6.33 Å². The van der Waals surface area contributed by atoms with Gasteiger partial charge in [-0.2, -0.15) is 0 Å². The molecule has 1 aromatic carbocycles. The van der Waals surface area contributed by atoms with Crippen LogP contribution in [0.5, 0.6) is 0 Å². The van der Waals surface area contributed by atoms with E-state index in [1.807, 2.05) is 25.1 Å². The van der Waals surface area contributed by atoms with Crippen molar-refractivity contribution in [2.75, 3.05) is 5.32 Å². The number of rotatable bonds is 2. The zero-order chi connectivity index (χ0) is 12.4. The van der Waals surface area contributed by atoms with Crippen LogP contribution in [0.25, 0.3) is 0 Å². The van der Waals surface area contributed by atoms with Gasteiger partial charge in [0.2, 0.25) is 0 Å². The number of aryl methyl sites for hydroxylation is 1. The normalized spacial score (nSPS) is 10.3. The Hall–Kier alpha value is -1.33. The maximum atomic E-state index is 11.3. The van der Waals surface area contributed by atoms with Crippen LogP contribution >= 0.6 is 27.5 Å². The van der Waals surface area contributed by atoms with Crippen molar-refractivity contribution >= 4 is 39.0 Å². The Morgan fingerprint density at radius 1 is 1.47 bits per heavy atom. The molecule has 0 fully saturated rings. The maximum absolute atomic E-state index is 11.3. The van der Waals surface area contributed by atoms with Crippen LogP contribution in [0.4, 0.5) is 11.5 Å². The van der Waals surface area contributed by atoms with E-state index >= 15 is 0 Å². The minimum atomic E-state index is -0.368. The number of nitrogens with one attached hydrogen (secondary N) is 2. The molecule has 0 unspecified atom stereocenters. The molecule has 0 aliphatic rings. The minimum Gasteiger partial charge on any atom is -0.338 e. The van der Waals surface area contributed by atoms with Gasteiger partial charge >= 0.3 is 0 Å². The number of halogens is 2. The van der Waals surface area contributed by atoms with E-state index in [-0.39, 0.29) is 10.6 Å². The standard InChI is InChI=1S/C11H9BrClN3O/c1-6-2-3-8(7(12)4-6)16-10-9(13)11(17)15-5-14-10/h2-5H,1H3,(H2,14,15,16,17). The third-order valence-corrected chi connectivity index (χ3v) is 3.18. The van der Waals surface area contributed by atoms with Crippen molar-refractivity contribution in [1.82, 2.24) is 9.97 Å². The minimum absolute atomic E-state index is 0.0416. The first-order chi connectivity index (χ1) is 8.08. The van der Waals surface area contributed by atoms with E-state index in [4.69, 9.17) is 11.6 Å². The topological polar surface area (TPSA) is 57.8 Å². The Labute approximate surface area is 111 Å². The number of hydrogen-bond donors (Lipinski definition) is 2. The molecule has 1 aromatic heterocycles. The summed E-state index contributed by atoms with van der Waals surface area (Å²) in [7, 11) is 0. The van der Waals surface area contributed by atoms with Gasteiger partial charge < -0.3 is 10.3 Å². The largest absolute Gasteiger partial charge is 0.338 e. The lowest BCUT2D eigenvalue weighted by Gasteiger charge is -2.08. The Balaban J connectivity index is 2.38. The molecule has 2 aromatic rings. The van der Waals surface area contributed by atoms with Crippen LogP contribution in [-0.2, 0) is 0 Å². The Kier molecular flexibility index (Phi) is 3.49. The van der Waals surface area contributed by atoms with Gasteiger partial charge in [0.15, 0.2) is 5.82 Å². The highest BCUT2D eigenvalue weighted by Gasteiger charge is 2.07. The van der Waals surface area contributed by atoms with Gasteiger partial charge in [0.05, 0.1) is 12.0 Å². The highest BCUT2D eigenvalue weighted by molar-refractivity contribution is 9.10. The summed E-state index contributed by atoms with van der Waals surface area (Å²) in [4.78, 5) is 17.7. The maximum Gasteiger partial charge on any atom is 0.271 e. The zero-order valence-electron chi connectivity index (χ0n) is 8.92. The Morgan fingerprint density at radius 3 is 2.94 bits per heavy atom. The van der Waals surface area contributed by atoms with E-state index in [0.29, 0.717) is 5.82 Å². The molecule has 88 valence electrons. The Morgan fingerprint density at radius 2 is 2.24 bits per heavy atom. The van der Waals surface area contributed by atoms with Crippen LogP contribution in [0.15, 0.2) is 33.8 Å². The van der Waals surface area contributed by atoms with Crippen molar-refractivity contribution in [3.05, 3.63) is 49.9 Å². The predicted molar refractivity (Wildman–Crippen MR) is 72.0 cm³/mol. The van der Waals surface area contributed by atoms with Crippen LogP contribution < -0.4 is 10.9 Å². The van der Waals surface area contributed by atoms with Gasteiger partial charge in [-0.3, -0.25) is 4.79 Å². The highest BCUT2D eigenvalue weighted by Crippen LogP contribution is 2.27. The van der Waals surface area contributed by atoms with Gasteiger partial charge in [0.1, 0.15) is 5.02 Å². The fourth-order valence-electron chi connectivity index (χ4n) is 1.32. The van der Waals surface area contributed by atoms with Crippen LogP contribution in [0, 0.1) is 6.92 Å². The number of benzene rings is 1. The van der Waals surface area contributed by atoms with Crippen LogP contribution in [0.3, 0.4) is 0 Å². The fourth-order valence-corrected chi connectivity index (χ4v) is 2.06. The van der Waals surface area contributed by atoms with Crippen molar-refractivity contribution < 1.29 is 0 Å². The van der Waals surface area contributed by atoms with Crippen molar-refractivity contribution in [1.29, 1.82) is 0 Å². The second kappa shape index (κ2) is 4.89. The number of H-pyrrole nitrogens is 1. The van der Waals surface area contributed by atoms with E-state index in [1.54, 1.807) is 0 Å². The summed E-state index contributed by atoms with van der Waals surface area (Å²) in [6.07, 6.45) is 1.30. The highest BCUT2D eigenvalue weighted by atomic mass is 79.9. The van der Waals surface area contributed by atoms with E-state index in [9.17, 15) is 4.79 Å². The first-order valence-corrected chi connectivity index (χ1v) is 6.01. The number of aromatic amines is 1. The number of hydrogen-bond acceptors (Lipinski definition) is 3. The summed E-state index contributed by atoms with van der Waals surface area (Å²) >= 11 is 9.27. The molecule has 0 bridgehead atoms. The second-order valence-electron chi connectivity index (χ2n) is 3.50. The molecule has 2 N–H and O–H groups in total. The van der Waals surface area contributed by atoms with E-state index in [0.717, 1.165) is 15.7 Å². The van der Waals surface area contributed by atoms with E-state index < -0.39 is 0 Å². The van der Waals surface area contributed by atoms with Gasteiger partial charge in [-0.05, 0) is 40.5 Å². The van der Waals surface area contributed by atoms with Crippen molar-refractivity contribution in [3.8, 4) is 0 Å².